The van der Waals surface area contributed by atoms with Crippen LogP contribution < -0.4 is 10.6 Å². The number of nitrogens with one attached hydrogen (secondary N) is 2. The second-order valence-electron chi connectivity index (χ2n) is 5.50. The molecule has 124 valence electrons. The average Bonchev–Trinajstić information content (AvgIpc) is 2.55. The van der Waals surface area contributed by atoms with E-state index in [1.807, 2.05) is 6.07 Å². The summed E-state index contributed by atoms with van der Waals surface area (Å²) in [6.45, 7) is 3.48. The van der Waals surface area contributed by atoms with Gasteiger partial charge in [0, 0.05) is 35.5 Å². The van der Waals surface area contributed by atoms with Gasteiger partial charge >= 0.3 is 0 Å². The van der Waals surface area contributed by atoms with Crippen LogP contribution in [-0.4, -0.2) is 24.0 Å². The molecule has 0 unspecified atom stereocenters. The molecule has 0 aliphatic rings. The summed E-state index contributed by atoms with van der Waals surface area (Å²) < 4.78 is 0. The van der Waals surface area contributed by atoms with Crippen molar-refractivity contribution in [1.29, 1.82) is 0 Å². The first-order chi connectivity index (χ1) is 11.5. The van der Waals surface area contributed by atoms with Gasteiger partial charge in [0.25, 0.3) is 0 Å². The molecule has 1 amide bonds. The lowest BCUT2D eigenvalue weighted by Gasteiger charge is -2.08. The molecule has 0 spiro atoms. The van der Waals surface area contributed by atoms with Crippen molar-refractivity contribution in [3.8, 4) is 0 Å². The Kier molecular flexibility index (Phi) is 5.84. The smallest absolute Gasteiger partial charge is 0.226 e. The summed E-state index contributed by atoms with van der Waals surface area (Å²) in [7, 11) is 0. The van der Waals surface area contributed by atoms with Gasteiger partial charge in [0.05, 0.1) is 0 Å². The van der Waals surface area contributed by atoms with Crippen LogP contribution in [0.4, 0.5) is 11.4 Å². The topological polar surface area (TPSA) is 75.3 Å². The highest BCUT2D eigenvalue weighted by Gasteiger charge is 2.05. The number of carbonyl (C=O) groups excluding carboxylic acids is 3. The molecule has 2 N–H and O–H groups in total. The number of benzene rings is 2. The Labute approximate surface area is 141 Å². The summed E-state index contributed by atoms with van der Waals surface area (Å²) in [6, 6.07) is 14.0. The molecule has 0 aromatic heterocycles. The van der Waals surface area contributed by atoms with Crippen LogP contribution in [0.25, 0.3) is 0 Å². The Hall–Kier alpha value is -2.95. The fourth-order valence-corrected chi connectivity index (χ4v) is 2.18. The third-order valence-electron chi connectivity index (χ3n) is 3.53. The monoisotopic (exact) mass is 324 g/mol. The highest BCUT2D eigenvalue weighted by atomic mass is 16.1. The molecule has 0 saturated carbocycles. The number of amides is 1. The first kappa shape index (κ1) is 17.4. The quantitative estimate of drug-likeness (QED) is 0.764. The maximum atomic E-state index is 11.9. The van der Waals surface area contributed by atoms with E-state index >= 15 is 0 Å². The average molecular weight is 324 g/mol. The molecule has 0 fully saturated rings. The molecule has 0 bridgehead atoms. The second-order valence-corrected chi connectivity index (χ2v) is 5.50. The van der Waals surface area contributed by atoms with Gasteiger partial charge in [0.1, 0.15) is 0 Å². The van der Waals surface area contributed by atoms with Crippen molar-refractivity contribution in [3.63, 3.8) is 0 Å². The molecule has 0 atom stereocenters. The number of anilines is 2. The van der Waals surface area contributed by atoms with Gasteiger partial charge in [-0.25, -0.2) is 0 Å². The summed E-state index contributed by atoms with van der Waals surface area (Å²) >= 11 is 0. The number of Topliss-reactive ketones (excluding diaryl/α,β-unsaturated/α-hetero) is 2. The Morgan fingerprint density at radius 2 is 1.50 bits per heavy atom. The minimum atomic E-state index is -0.124. The lowest BCUT2D eigenvalue weighted by molar-refractivity contribution is -0.115. The van der Waals surface area contributed by atoms with Gasteiger partial charge < -0.3 is 10.6 Å². The van der Waals surface area contributed by atoms with Gasteiger partial charge in [0.15, 0.2) is 11.6 Å². The van der Waals surface area contributed by atoms with Gasteiger partial charge in [-0.3, -0.25) is 14.4 Å². The number of carbonyl (C=O) groups is 3. The molecule has 0 heterocycles. The van der Waals surface area contributed by atoms with Crippen LogP contribution in [0.15, 0.2) is 48.5 Å². The largest absolute Gasteiger partial charge is 0.385 e. The normalized spacial score (nSPS) is 10.1. The number of ketones is 2. The number of rotatable bonds is 7. The molecule has 0 radical (unpaired) electrons. The van der Waals surface area contributed by atoms with Crippen LogP contribution in [-0.2, 0) is 4.79 Å². The molecule has 0 aliphatic heterocycles. The van der Waals surface area contributed by atoms with E-state index in [-0.39, 0.29) is 17.5 Å². The zero-order chi connectivity index (χ0) is 17.5. The molecule has 2 rings (SSSR count). The summed E-state index contributed by atoms with van der Waals surface area (Å²) in [6.07, 6.45) is 0.290. The van der Waals surface area contributed by atoms with Crippen molar-refractivity contribution < 1.29 is 14.4 Å². The van der Waals surface area contributed by atoms with E-state index in [2.05, 4.69) is 10.6 Å². The minimum Gasteiger partial charge on any atom is -0.385 e. The number of hydrogen-bond donors (Lipinski definition) is 2. The van der Waals surface area contributed by atoms with Crippen LogP contribution in [0.5, 0.6) is 0 Å². The van der Waals surface area contributed by atoms with E-state index in [0.717, 1.165) is 5.69 Å². The Morgan fingerprint density at radius 3 is 2.12 bits per heavy atom. The van der Waals surface area contributed by atoms with Crippen LogP contribution >= 0.6 is 0 Å². The van der Waals surface area contributed by atoms with Crippen LogP contribution in [0.2, 0.25) is 0 Å². The first-order valence-corrected chi connectivity index (χ1v) is 7.71. The standard InChI is InChI=1S/C19H20N2O3/c1-13(22)15-6-8-17(9-7-15)21-19(24)10-11-20-18-5-3-4-16(12-18)14(2)23/h3-9,12,20H,10-11H2,1-2H3,(H,21,24). The lowest BCUT2D eigenvalue weighted by atomic mass is 10.1. The fourth-order valence-electron chi connectivity index (χ4n) is 2.18. The lowest BCUT2D eigenvalue weighted by Crippen LogP contribution is -2.16. The van der Waals surface area contributed by atoms with Crippen LogP contribution in [0.3, 0.4) is 0 Å². The summed E-state index contributed by atoms with van der Waals surface area (Å²) in [4.78, 5) is 34.5. The van der Waals surface area contributed by atoms with E-state index in [4.69, 9.17) is 0 Å². The predicted molar refractivity (Wildman–Crippen MR) is 94.6 cm³/mol. The molecular weight excluding hydrogens is 304 g/mol. The van der Waals surface area contributed by atoms with Gasteiger partial charge in [0.2, 0.25) is 5.91 Å². The van der Waals surface area contributed by atoms with E-state index in [1.165, 1.54) is 13.8 Å². The maximum absolute atomic E-state index is 11.9. The molecule has 2 aromatic carbocycles. The third-order valence-corrected chi connectivity index (χ3v) is 3.53. The van der Waals surface area contributed by atoms with E-state index < -0.39 is 0 Å². The Balaban J connectivity index is 1.82. The van der Waals surface area contributed by atoms with Crippen LogP contribution in [0.1, 0.15) is 41.0 Å². The van der Waals surface area contributed by atoms with Crippen molar-refractivity contribution in [3.05, 3.63) is 59.7 Å². The molecule has 5 heteroatoms. The zero-order valence-corrected chi connectivity index (χ0v) is 13.8. The highest BCUT2D eigenvalue weighted by molar-refractivity contribution is 5.96. The highest BCUT2D eigenvalue weighted by Crippen LogP contribution is 2.12. The first-order valence-electron chi connectivity index (χ1n) is 7.71. The second kappa shape index (κ2) is 8.06. The minimum absolute atomic E-state index is 0.00500. The molecule has 5 nitrogen and oxygen atoms in total. The predicted octanol–water partition coefficient (Wildman–Crippen LogP) is 3.53. The summed E-state index contributed by atoms with van der Waals surface area (Å²) in [5.74, 6) is -0.129. The van der Waals surface area contributed by atoms with Crippen LogP contribution in [0, 0.1) is 0 Å². The Morgan fingerprint density at radius 1 is 0.833 bits per heavy atom. The Bertz CT molecular complexity index is 751. The van der Waals surface area contributed by atoms with Crippen molar-refractivity contribution in [2.24, 2.45) is 0 Å². The zero-order valence-electron chi connectivity index (χ0n) is 13.8. The summed E-state index contributed by atoms with van der Waals surface area (Å²) in [5.41, 5.74) is 2.71. The number of hydrogen-bond acceptors (Lipinski definition) is 4. The molecule has 2 aromatic rings. The van der Waals surface area contributed by atoms with Crippen molar-refractivity contribution in [1.82, 2.24) is 0 Å². The van der Waals surface area contributed by atoms with E-state index in [1.54, 1.807) is 42.5 Å². The van der Waals surface area contributed by atoms with Gasteiger partial charge in [-0.2, -0.15) is 0 Å². The van der Waals surface area contributed by atoms with Gasteiger partial charge in [-0.05, 0) is 50.2 Å². The SMILES string of the molecule is CC(=O)c1ccc(NC(=O)CCNc2cccc(C(C)=O)c2)cc1. The third kappa shape index (κ3) is 5.05. The van der Waals surface area contributed by atoms with Gasteiger partial charge in [-0.15, -0.1) is 0 Å². The molecular formula is C19H20N2O3. The summed E-state index contributed by atoms with van der Waals surface area (Å²) in [5, 5.41) is 5.90. The van der Waals surface area contributed by atoms with Crippen molar-refractivity contribution in [2.75, 3.05) is 17.2 Å². The van der Waals surface area contributed by atoms with E-state index in [0.29, 0.717) is 29.8 Å². The molecule has 24 heavy (non-hydrogen) atoms. The fraction of sp³-hybridized carbons (Fsp3) is 0.211. The van der Waals surface area contributed by atoms with E-state index in [9.17, 15) is 14.4 Å². The van der Waals surface area contributed by atoms with Crippen molar-refractivity contribution >= 4 is 28.8 Å². The van der Waals surface area contributed by atoms with Gasteiger partial charge in [-0.1, -0.05) is 12.1 Å². The van der Waals surface area contributed by atoms with Crippen molar-refractivity contribution in [2.45, 2.75) is 20.3 Å². The molecule has 0 aliphatic carbocycles. The maximum Gasteiger partial charge on any atom is 0.226 e. The molecule has 0 saturated heterocycles.